The van der Waals surface area contributed by atoms with Crippen molar-refractivity contribution in [3.8, 4) is 0 Å². The lowest BCUT2D eigenvalue weighted by atomic mass is 10.2. The van der Waals surface area contributed by atoms with Crippen molar-refractivity contribution in [2.75, 3.05) is 4.72 Å². The van der Waals surface area contributed by atoms with E-state index in [4.69, 9.17) is 9.26 Å². The molecule has 0 unspecified atom stereocenters. The zero-order valence-corrected chi connectivity index (χ0v) is 14.8. The van der Waals surface area contributed by atoms with Gasteiger partial charge in [-0.25, -0.2) is 13.2 Å². The van der Waals surface area contributed by atoms with Gasteiger partial charge in [0, 0.05) is 6.07 Å². The van der Waals surface area contributed by atoms with Crippen LogP contribution in [0.3, 0.4) is 0 Å². The predicted octanol–water partition coefficient (Wildman–Crippen LogP) is 3.20. The van der Waals surface area contributed by atoms with Crippen LogP contribution in [0.15, 0.2) is 56.6 Å². The van der Waals surface area contributed by atoms with E-state index in [9.17, 15) is 13.2 Å². The number of hydrogen-bond acceptors (Lipinski definition) is 7. The van der Waals surface area contributed by atoms with E-state index in [2.05, 4.69) is 9.88 Å². The molecule has 0 saturated heterocycles. The summed E-state index contributed by atoms with van der Waals surface area (Å²) in [6.45, 7) is 1.66. The fourth-order valence-electron chi connectivity index (χ4n) is 2.06. The number of nitrogens with zero attached hydrogens (tertiary/aromatic N) is 1. The van der Waals surface area contributed by atoms with Crippen molar-refractivity contribution in [1.29, 1.82) is 0 Å². The van der Waals surface area contributed by atoms with Gasteiger partial charge < -0.3 is 9.26 Å². The number of ether oxygens (including phenoxy) is 1. The van der Waals surface area contributed by atoms with Gasteiger partial charge in [0.15, 0.2) is 12.4 Å². The minimum atomic E-state index is -3.76. The highest BCUT2D eigenvalue weighted by Crippen LogP contribution is 2.23. The number of thiophene rings is 1. The van der Waals surface area contributed by atoms with Gasteiger partial charge in [0.2, 0.25) is 0 Å². The number of anilines is 1. The van der Waals surface area contributed by atoms with Crippen LogP contribution in [-0.2, 0) is 21.4 Å². The Hall–Kier alpha value is -2.65. The monoisotopic (exact) mass is 378 g/mol. The Morgan fingerprint density at radius 2 is 2.08 bits per heavy atom. The average Bonchev–Trinajstić information content (AvgIpc) is 3.25. The molecule has 0 radical (unpaired) electrons. The zero-order valence-electron chi connectivity index (χ0n) is 13.1. The molecule has 1 aromatic carbocycles. The summed E-state index contributed by atoms with van der Waals surface area (Å²) in [5.74, 6) is -0.263. The number of nitrogens with one attached hydrogen (secondary N) is 1. The third kappa shape index (κ3) is 4.06. The highest BCUT2D eigenvalue weighted by Gasteiger charge is 2.20. The third-order valence-electron chi connectivity index (χ3n) is 3.17. The van der Waals surface area contributed by atoms with Gasteiger partial charge in [-0.3, -0.25) is 4.72 Å². The molecular formula is C16H14N2O5S2. The van der Waals surface area contributed by atoms with E-state index in [1.165, 1.54) is 18.2 Å². The number of hydrogen-bond donors (Lipinski definition) is 1. The number of sulfonamides is 1. The Balaban J connectivity index is 1.77. The normalized spacial score (nSPS) is 11.2. The van der Waals surface area contributed by atoms with Crippen molar-refractivity contribution in [3.63, 3.8) is 0 Å². The van der Waals surface area contributed by atoms with Crippen molar-refractivity contribution < 1.29 is 22.5 Å². The van der Waals surface area contributed by atoms with E-state index in [0.717, 1.165) is 11.3 Å². The van der Waals surface area contributed by atoms with Gasteiger partial charge in [0.05, 0.1) is 16.9 Å². The van der Waals surface area contributed by atoms with Crippen molar-refractivity contribution in [3.05, 3.63) is 64.9 Å². The third-order valence-corrected chi connectivity index (χ3v) is 5.94. The molecule has 0 aliphatic rings. The number of rotatable bonds is 6. The first-order valence-corrected chi connectivity index (χ1v) is 9.57. The molecule has 2 aromatic heterocycles. The van der Waals surface area contributed by atoms with Crippen molar-refractivity contribution in [1.82, 2.24) is 5.16 Å². The molecule has 0 bridgehead atoms. The van der Waals surface area contributed by atoms with Gasteiger partial charge in [-0.2, -0.15) is 0 Å². The maximum atomic E-state index is 12.3. The lowest BCUT2D eigenvalue weighted by Crippen LogP contribution is -2.15. The molecule has 1 N–H and O–H groups in total. The SMILES string of the molecule is Cc1cc(COC(=O)c2ccccc2NS(=O)(=O)c2cccs2)on1. The summed E-state index contributed by atoms with van der Waals surface area (Å²) in [5.41, 5.74) is 0.934. The maximum absolute atomic E-state index is 12.3. The first kappa shape index (κ1) is 17.2. The summed E-state index contributed by atoms with van der Waals surface area (Å²) in [7, 11) is -3.76. The van der Waals surface area contributed by atoms with Crippen LogP contribution in [-0.4, -0.2) is 19.5 Å². The van der Waals surface area contributed by atoms with Crippen molar-refractivity contribution in [2.45, 2.75) is 17.7 Å². The van der Waals surface area contributed by atoms with Crippen LogP contribution < -0.4 is 4.72 Å². The zero-order chi connectivity index (χ0) is 17.9. The minimum Gasteiger partial charge on any atom is -0.454 e. The molecule has 2 heterocycles. The molecule has 3 rings (SSSR count). The van der Waals surface area contributed by atoms with E-state index in [-0.39, 0.29) is 22.1 Å². The van der Waals surface area contributed by atoms with Crippen LogP contribution >= 0.6 is 11.3 Å². The molecule has 130 valence electrons. The number of para-hydroxylation sites is 1. The van der Waals surface area contributed by atoms with E-state index in [0.29, 0.717) is 11.5 Å². The average molecular weight is 378 g/mol. The smallest absolute Gasteiger partial charge is 0.340 e. The Morgan fingerprint density at radius 3 is 2.76 bits per heavy atom. The standard InChI is InChI=1S/C16H14N2O5S2/c1-11-9-12(23-17-11)10-22-16(19)13-5-2-3-6-14(13)18-25(20,21)15-7-4-8-24-15/h2-9,18H,10H2,1H3. The molecule has 7 nitrogen and oxygen atoms in total. The summed E-state index contributed by atoms with van der Waals surface area (Å²) in [6.07, 6.45) is 0. The van der Waals surface area contributed by atoms with Gasteiger partial charge in [-0.1, -0.05) is 23.4 Å². The molecule has 3 aromatic rings. The number of aryl methyl sites for hydroxylation is 1. The van der Waals surface area contributed by atoms with Crippen molar-refractivity contribution >= 4 is 33.0 Å². The quantitative estimate of drug-likeness (QED) is 0.662. The molecular weight excluding hydrogens is 364 g/mol. The first-order chi connectivity index (χ1) is 12.0. The Kier molecular flexibility index (Phi) is 4.86. The molecule has 0 atom stereocenters. The molecule has 0 aliphatic heterocycles. The van der Waals surface area contributed by atoms with Gasteiger partial charge in [0.1, 0.15) is 4.21 Å². The van der Waals surface area contributed by atoms with Gasteiger partial charge in [0.25, 0.3) is 10.0 Å². The number of carbonyl (C=O) groups excluding carboxylic acids is 1. The largest absolute Gasteiger partial charge is 0.454 e. The molecule has 0 aliphatic carbocycles. The number of esters is 1. The lowest BCUT2D eigenvalue weighted by Gasteiger charge is -2.11. The summed E-state index contributed by atoms with van der Waals surface area (Å²) >= 11 is 1.09. The van der Waals surface area contributed by atoms with Crippen LogP contribution in [0.2, 0.25) is 0 Å². The van der Waals surface area contributed by atoms with Crippen LogP contribution in [0.5, 0.6) is 0 Å². The van der Waals surface area contributed by atoms with Crippen LogP contribution in [0.1, 0.15) is 21.8 Å². The molecule has 0 amide bonds. The fourth-order valence-corrected chi connectivity index (χ4v) is 4.13. The summed E-state index contributed by atoms with van der Waals surface area (Å²) < 4.78 is 37.4. The van der Waals surface area contributed by atoms with Gasteiger partial charge >= 0.3 is 5.97 Å². The Morgan fingerprint density at radius 1 is 1.28 bits per heavy atom. The van der Waals surface area contributed by atoms with Crippen LogP contribution in [0, 0.1) is 6.92 Å². The first-order valence-electron chi connectivity index (χ1n) is 7.20. The van der Waals surface area contributed by atoms with E-state index in [1.807, 2.05) is 0 Å². The maximum Gasteiger partial charge on any atom is 0.340 e. The molecule has 9 heteroatoms. The Labute approximate surface area is 148 Å². The summed E-state index contributed by atoms with van der Waals surface area (Å²) in [6, 6.07) is 11.0. The topological polar surface area (TPSA) is 98.5 Å². The number of benzene rings is 1. The van der Waals surface area contributed by atoms with Gasteiger partial charge in [-0.15, -0.1) is 11.3 Å². The van der Waals surface area contributed by atoms with E-state index < -0.39 is 16.0 Å². The second-order valence-electron chi connectivity index (χ2n) is 5.09. The lowest BCUT2D eigenvalue weighted by molar-refractivity contribution is 0.0438. The summed E-state index contributed by atoms with van der Waals surface area (Å²) in [4.78, 5) is 12.3. The fraction of sp³-hybridized carbons (Fsp3) is 0.125. The van der Waals surface area contributed by atoms with Crippen LogP contribution in [0.4, 0.5) is 5.69 Å². The highest BCUT2D eigenvalue weighted by molar-refractivity contribution is 7.94. The second kappa shape index (κ2) is 7.08. The minimum absolute atomic E-state index is 0.0916. The van der Waals surface area contributed by atoms with E-state index >= 15 is 0 Å². The number of aromatic nitrogens is 1. The molecule has 0 spiro atoms. The molecule has 0 fully saturated rings. The summed E-state index contributed by atoms with van der Waals surface area (Å²) in [5, 5.41) is 5.37. The number of carbonyl (C=O) groups is 1. The Bertz CT molecular complexity index is 978. The van der Waals surface area contributed by atoms with Gasteiger partial charge in [-0.05, 0) is 30.5 Å². The van der Waals surface area contributed by atoms with E-state index in [1.54, 1.807) is 36.6 Å². The second-order valence-corrected chi connectivity index (χ2v) is 7.95. The predicted molar refractivity (Wildman–Crippen MR) is 91.9 cm³/mol. The highest BCUT2D eigenvalue weighted by atomic mass is 32.2. The van der Waals surface area contributed by atoms with Crippen LogP contribution in [0.25, 0.3) is 0 Å². The van der Waals surface area contributed by atoms with Crippen molar-refractivity contribution in [2.24, 2.45) is 0 Å². The molecule has 0 saturated carbocycles. The molecule has 25 heavy (non-hydrogen) atoms.